The molecule has 0 radical (unpaired) electrons. The van der Waals surface area contributed by atoms with Gasteiger partial charge in [-0.1, -0.05) is 36.1 Å². The van der Waals surface area contributed by atoms with E-state index in [-0.39, 0.29) is 24.2 Å². The number of hydrogen-bond acceptors (Lipinski definition) is 6. The molecule has 1 atom stereocenters. The highest BCUT2D eigenvalue weighted by Gasteiger charge is 2.65. The number of likely N-dealkylation sites (tertiary alicyclic amines) is 1. The van der Waals surface area contributed by atoms with Crippen molar-refractivity contribution in [2.24, 2.45) is 0 Å². The predicted octanol–water partition coefficient (Wildman–Crippen LogP) is -0.0968. The Hall–Kier alpha value is -4.11. The number of hydrogen-bond donors (Lipinski definition) is 1. The highest BCUT2D eigenvalue weighted by Crippen LogP contribution is 2.53. The van der Waals surface area contributed by atoms with Gasteiger partial charge in [-0.3, -0.25) is 14.4 Å². The second-order valence-electron chi connectivity index (χ2n) is 9.59. The molecule has 1 saturated heterocycles. The van der Waals surface area contributed by atoms with Crippen molar-refractivity contribution in [2.75, 3.05) is 51.8 Å². The van der Waals surface area contributed by atoms with Crippen LogP contribution in [0.25, 0.3) is 5.76 Å². The van der Waals surface area contributed by atoms with Gasteiger partial charge in [-0.2, -0.15) is 0 Å². The lowest BCUT2D eigenvalue weighted by atomic mass is 9.81. The summed E-state index contributed by atoms with van der Waals surface area (Å²) in [5.74, 6) is -2.13. The summed E-state index contributed by atoms with van der Waals surface area (Å²) in [4.78, 5) is 45.3. The molecular weight excluding hydrogens is 474 g/mol. The van der Waals surface area contributed by atoms with Crippen molar-refractivity contribution in [3.05, 3.63) is 71.8 Å². The fourth-order valence-electron chi connectivity index (χ4n) is 5.39. The Bertz CT molecular complexity index is 1330. The van der Waals surface area contributed by atoms with Gasteiger partial charge in [0.25, 0.3) is 11.8 Å². The molecular formula is C28H29N3O6. The first-order chi connectivity index (χ1) is 17.8. The molecule has 1 N–H and O–H groups in total. The zero-order valence-corrected chi connectivity index (χ0v) is 20.9. The number of benzene rings is 2. The van der Waals surface area contributed by atoms with Crippen LogP contribution in [-0.4, -0.2) is 69.4 Å². The summed E-state index contributed by atoms with van der Waals surface area (Å²) in [5, 5.41) is 14.1. The smallest absolute Gasteiger partial charge is 0.296 e. The van der Waals surface area contributed by atoms with Gasteiger partial charge in [0, 0.05) is 30.6 Å². The maximum absolute atomic E-state index is 14.3. The molecule has 3 heterocycles. The second kappa shape index (κ2) is 9.40. The summed E-state index contributed by atoms with van der Waals surface area (Å²) in [7, 11) is 3.97. The molecule has 0 aliphatic carbocycles. The highest BCUT2D eigenvalue weighted by molar-refractivity contribution is 6.50. The van der Waals surface area contributed by atoms with Gasteiger partial charge in [0.05, 0.1) is 26.3 Å². The molecule has 37 heavy (non-hydrogen) atoms. The normalized spacial score (nSPS) is 21.8. The van der Waals surface area contributed by atoms with E-state index in [0.29, 0.717) is 48.9 Å². The van der Waals surface area contributed by atoms with Crippen LogP contribution in [0.2, 0.25) is 0 Å². The highest BCUT2D eigenvalue weighted by atomic mass is 16.6. The average molecular weight is 504 g/mol. The van der Waals surface area contributed by atoms with Crippen LogP contribution >= 0.6 is 0 Å². The van der Waals surface area contributed by atoms with Crippen molar-refractivity contribution in [1.82, 2.24) is 4.90 Å². The topological polar surface area (TPSA) is 104 Å². The van der Waals surface area contributed by atoms with Crippen LogP contribution in [0.5, 0.6) is 11.5 Å². The Morgan fingerprint density at radius 2 is 1.84 bits per heavy atom. The molecule has 0 saturated carbocycles. The number of para-hydroxylation sites is 1. The van der Waals surface area contributed by atoms with Gasteiger partial charge in [0.15, 0.2) is 17.0 Å². The summed E-state index contributed by atoms with van der Waals surface area (Å²) in [6, 6.07) is 11.6. The van der Waals surface area contributed by atoms with E-state index in [1.165, 1.54) is 21.9 Å². The predicted molar refractivity (Wildman–Crippen MR) is 134 cm³/mol. The summed E-state index contributed by atoms with van der Waals surface area (Å²) in [6.07, 6.45) is 2.12. The number of quaternary nitrogens is 1. The molecule has 1 unspecified atom stereocenters. The van der Waals surface area contributed by atoms with Crippen LogP contribution in [0.1, 0.15) is 17.5 Å². The monoisotopic (exact) mass is 503 g/mol. The van der Waals surface area contributed by atoms with E-state index in [1.54, 1.807) is 36.4 Å². The van der Waals surface area contributed by atoms with E-state index < -0.39 is 28.9 Å². The lowest BCUT2D eigenvalue weighted by molar-refractivity contribution is -0.858. The Labute approximate surface area is 215 Å². The molecule has 2 aromatic rings. The first-order valence-corrected chi connectivity index (χ1v) is 12.3. The zero-order chi connectivity index (χ0) is 26.3. The number of nitrogens with one attached hydrogen (secondary N) is 1. The number of ketones is 1. The second-order valence-corrected chi connectivity index (χ2v) is 9.59. The number of Topliss-reactive ketones (excluding diaryl/α,β-unsaturated/α-hetero) is 1. The lowest BCUT2D eigenvalue weighted by Gasteiger charge is -2.36. The first kappa shape index (κ1) is 24.6. The molecule has 192 valence electrons. The molecule has 1 spiro atoms. The number of rotatable bonds is 7. The molecule has 0 bridgehead atoms. The van der Waals surface area contributed by atoms with Gasteiger partial charge in [-0.15, -0.1) is 6.58 Å². The number of nitrogens with zero attached hydrogens (tertiary/aromatic N) is 2. The minimum Gasteiger partial charge on any atom is -0.872 e. The molecule has 0 aromatic heterocycles. The van der Waals surface area contributed by atoms with Crippen molar-refractivity contribution in [1.29, 1.82) is 0 Å². The van der Waals surface area contributed by atoms with Crippen molar-refractivity contribution in [2.45, 2.75) is 12.0 Å². The first-order valence-electron chi connectivity index (χ1n) is 12.3. The van der Waals surface area contributed by atoms with Crippen LogP contribution in [0, 0.1) is 0 Å². The quantitative estimate of drug-likeness (QED) is 0.245. The zero-order valence-electron chi connectivity index (χ0n) is 20.9. The summed E-state index contributed by atoms with van der Waals surface area (Å²) >= 11 is 0. The number of ether oxygens (including phenoxy) is 2. The van der Waals surface area contributed by atoms with Crippen LogP contribution in [0.4, 0.5) is 5.69 Å². The molecule has 9 nitrogen and oxygen atoms in total. The van der Waals surface area contributed by atoms with E-state index in [0.717, 1.165) is 4.90 Å². The van der Waals surface area contributed by atoms with Crippen LogP contribution in [-0.2, 0) is 19.9 Å². The van der Waals surface area contributed by atoms with Crippen molar-refractivity contribution < 1.29 is 33.9 Å². The number of fused-ring (bicyclic) bond motifs is 3. The Morgan fingerprint density at radius 3 is 2.57 bits per heavy atom. The van der Waals surface area contributed by atoms with Crippen molar-refractivity contribution in [3.8, 4) is 11.5 Å². The molecule has 5 rings (SSSR count). The fourth-order valence-corrected chi connectivity index (χ4v) is 5.39. The standard InChI is InChI=1S/C28H29N3O6/c1-4-12-30-20-9-6-5-8-19(20)28(27(30)35)23(25(33)26(34)31(28)14-7-13-29(2)3)24(32)18-10-11-21-22(17-18)37-16-15-36-21/h4-6,8-11,17,32H,1,7,12-16H2,2-3H3. The van der Waals surface area contributed by atoms with E-state index in [1.807, 2.05) is 14.1 Å². The lowest BCUT2D eigenvalue weighted by Crippen LogP contribution is -3.05. The van der Waals surface area contributed by atoms with E-state index in [4.69, 9.17) is 9.47 Å². The van der Waals surface area contributed by atoms with Gasteiger partial charge in [0.1, 0.15) is 13.2 Å². The minimum atomic E-state index is -1.85. The third-order valence-corrected chi connectivity index (χ3v) is 6.97. The minimum absolute atomic E-state index is 0.145. The van der Waals surface area contributed by atoms with E-state index >= 15 is 0 Å². The van der Waals surface area contributed by atoms with Crippen molar-refractivity contribution in [3.63, 3.8) is 0 Å². The number of carbonyl (C=O) groups is 3. The summed E-state index contributed by atoms with van der Waals surface area (Å²) < 4.78 is 11.2. The van der Waals surface area contributed by atoms with Gasteiger partial charge in [-0.05, 0) is 23.8 Å². The third kappa shape index (κ3) is 3.69. The SMILES string of the molecule is C=CCN1C(=O)C2(C(=C([O-])c3ccc4c(c3)OCCO4)C(=O)C(=O)N2CCC[NH+](C)C)c2ccccc21. The largest absolute Gasteiger partial charge is 0.872 e. The van der Waals surface area contributed by atoms with Gasteiger partial charge < -0.3 is 29.3 Å². The van der Waals surface area contributed by atoms with Gasteiger partial charge >= 0.3 is 0 Å². The molecule has 1 fully saturated rings. The fraction of sp³-hybridized carbons (Fsp3) is 0.321. The van der Waals surface area contributed by atoms with Crippen molar-refractivity contribution >= 4 is 29.0 Å². The average Bonchev–Trinajstić information content (AvgIpc) is 3.27. The maximum atomic E-state index is 14.3. The number of amides is 2. The van der Waals surface area contributed by atoms with Crippen LogP contribution < -0.4 is 24.4 Å². The van der Waals surface area contributed by atoms with Gasteiger partial charge in [-0.25, -0.2) is 0 Å². The van der Waals surface area contributed by atoms with E-state index in [9.17, 15) is 19.5 Å². The molecule has 2 amide bonds. The van der Waals surface area contributed by atoms with E-state index in [2.05, 4.69) is 6.58 Å². The maximum Gasteiger partial charge on any atom is 0.296 e. The molecule has 3 aliphatic heterocycles. The number of carbonyl (C=O) groups excluding carboxylic acids is 3. The summed E-state index contributed by atoms with van der Waals surface area (Å²) in [6.45, 7) is 5.51. The third-order valence-electron chi connectivity index (χ3n) is 6.97. The summed E-state index contributed by atoms with van der Waals surface area (Å²) in [5.41, 5.74) is -1.06. The Kier molecular flexibility index (Phi) is 6.25. The number of anilines is 1. The molecule has 2 aromatic carbocycles. The van der Waals surface area contributed by atoms with Gasteiger partial charge in [0.2, 0.25) is 5.78 Å². The Balaban J connectivity index is 1.74. The Morgan fingerprint density at radius 1 is 1.11 bits per heavy atom. The van der Waals surface area contributed by atoms with Crippen LogP contribution in [0.3, 0.4) is 0 Å². The molecule has 3 aliphatic rings. The van der Waals surface area contributed by atoms with Crippen LogP contribution in [0.15, 0.2) is 60.7 Å². The molecule has 9 heteroatoms.